The van der Waals surface area contributed by atoms with Crippen molar-refractivity contribution in [1.29, 1.82) is 0 Å². The van der Waals surface area contributed by atoms with Gasteiger partial charge in [0.15, 0.2) is 0 Å². The van der Waals surface area contributed by atoms with Crippen molar-refractivity contribution in [3.8, 4) is 0 Å². The zero-order valence-corrected chi connectivity index (χ0v) is 24.8. The Bertz CT molecular complexity index is 1440. The van der Waals surface area contributed by atoms with Crippen LogP contribution >= 0.6 is 23.2 Å². The molecule has 0 radical (unpaired) electrons. The lowest BCUT2D eigenvalue weighted by atomic mass is 10.0. The number of rotatable bonds is 12. The number of carbonyl (C=O) groups is 2. The van der Waals surface area contributed by atoms with Crippen molar-refractivity contribution >= 4 is 50.7 Å². The first-order valence-corrected chi connectivity index (χ1v) is 15.3. The Morgan fingerprint density at radius 1 is 0.975 bits per heavy atom. The van der Waals surface area contributed by atoms with E-state index in [1.807, 2.05) is 44.2 Å². The van der Waals surface area contributed by atoms with Crippen LogP contribution in [0.15, 0.2) is 72.8 Å². The number of nitrogens with zero attached hydrogens (tertiary/aromatic N) is 2. The van der Waals surface area contributed by atoms with Gasteiger partial charge in [-0.2, -0.15) is 0 Å². The molecule has 11 heteroatoms. The fourth-order valence-electron chi connectivity index (χ4n) is 4.08. The predicted molar refractivity (Wildman–Crippen MR) is 157 cm³/mol. The van der Waals surface area contributed by atoms with E-state index in [0.29, 0.717) is 17.0 Å². The summed E-state index contributed by atoms with van der Waals surface area (Å²) >= 11 is 12.1. The van der Waals surface area contributed by atoms with Gasteiger partial charge in [-0.15, -0.1) is 0 Å². The number of nitrogens with one attached hydrogen (secondary N) is 1. The molecule has 0 aromatic heterocycles. The smallest absolute Gasteiger partial charge is 0.244 e. The van der Waals surface area contributed by atoms with Gasteiger partial charge in [0.25, 0.3) is 0 Å². The Morgan fingerprint density at radius 2 is 1.65 bits per heavy atom. The SMILES string of the molecule is CC[C@@H](C)NC(=O)[C@@H](Cc1ccccc1)N(Cc1cccc(Cl)c1)C(=O)CN(c1ccc(F)c(Cl)c1)S(C)(=O)=O. The molecule has 0 heterocycles. The fourth-order valence-corrected chi connectivity index (χ4v) is 5.31. The molecule has 0 aliphatic carbocycles. The van der Waals surface area contributed by atoms with Gasteiger partial charge in [0, 0.05) is 24.0 Å². The number of hydrogen-bond acceptors (Lipinski definition) is 4. The summed E-state index contributed by atoms with van der Waals surface area (Å²) in [6.45, 7) is 3.16. The van der Waals surface area contributed by atoms with E-state index < -0.39 is 34.3 Å². The number of halogens is 3. The molecule has 3 aromatic rings. The van der Waals surface area contributed by atoms with Gasteiger partial charge < -0.3 is 10.2 Å². The van der Waals surface area contributed by atoms with Crippen LogP contribution in [-0.2, 0) is 32.6 Å². The van der Waals surface area contributed by atoms with Gasteiger partial charge in [-0.25, -0.2) is 12.8 Å². The molecule has 0 saturated heterocycles. The average molecular weight is 609 g/mol. The lowest BCUT2D eigenvalue weighted by Gasteiger charge is -2.34. The fraction of sp³-hybridized carbons (Fsp3) is 0.310. The van der Waals surface area contributed by atoms with Crippen LogP contribution in [0.4, 0.5) is 10.1 Å². The van der Waals surface area contributed by atoms with Crippen molar-refractivity contribution in [2.75, 3.05) is 17.1 Å². The number of sulfonamides is 1. The van der Waals surface area contributed by atoms with Crippen LogP contribution in [0.1, 0.15) is 31.4 Å². The third-order valence-electron chi connectivity index (χ3n) is 6.38. The first-order valence-electron chi connectivity index (χ1n) is 12.7. The van der Waals surface area contributed by atoms with Crippen LogP contribution < -0.4 is 9.62 Å². The van der Waals surface area contributed by atoms with Gasteiger partial charge in [0.05, 0.1) is 17.0 Å². The van der Waals surface area contributed by atoms with Crippen LogP contribution in [0.5, 0.6) is 0 Å². The van der Waals surface area contributed by atoms with Crippen molar-refractivity contribution in [3.05, 3.63) is 99.8 Å². The minimum absolute atomic E-state index is 0.00735. The minimum Gasteiger partial charge on any atom is -0.352 e. The molecule has 0 fully saturated rings. The van der Waals surface area contributed by atoms with Gasteiger partial charge in [0.1, 0.15) is 18.4 Å². The molecule has 0 saturated carbocycles. The molecular weight excluding hydrogens is 576 g/mol. The van der Waals surface area contributed by atoms with Gasteiger partial charge in [-0.3, -0.25) is 13.9 Å². The van der Waals surface area contributed by atoms with Crippen molar-refractivity contribution < 1.29 is 22.4 Å². The summed E-state index contributed by atoms with van der Waals surface area (Å²) in [7, 11) is -4.00. The zero-order valence-electron chi connectivity index (χ0n) is 22.5. The first-order chi connectivity index (χ1) is 18.9. The third-order valence-corrected chi connectivity index (χ3v) is 8.05. The van der Waals surface area contributed by atoms with E-state index in [0.717, 1.165) is 28.3 Å². The maximum Gasteiger partial charge on any atom is 0.244 e. The van der Waals surface area contributed by atoms with E-state index in [2.05, 4.69) is 5.32 Å². The molecule has 3 rings (SSSR count). The van der Waals surface area contributed by atoms with E-state index in [4.69, 9.17) is 23.2 Å². The van der Waals surface area contributed by atoms with E-state index in [-0.39, 0.29) is 35.6 Å². The van der Waals surface area contributed by atoms with Crippen molar-refractivity contribution in [3.63, 3.8) is 0 Å². The summed E-state index contributed by atoms with van der Waals surface area (Å²) < 4.78 is 40.3. The van der Waals surface area contributed by atoms with Crippen LogP contribution in [0.25, 0.3) is 0 Å². The summed E-state index contributed by atoms with van der Waals surface area (Å²) in [6.07, 6.45) is 1.81. The molecule has 7 nitrogen and oxygen atoms in total. The highest BCUT2D eigenvalue weighted by Crippen LogP contribution is 2.25. The quantitative estimate of drug-likeness (QED) is 0.296. The molecule has 0 unspecified atom stereocenters. The van der Waals surface area contributed by atoms with Crippen LogP contribution in [0.2, 0.25) is 10.0 Å². The Balaban J connectivity index is 2.07. The van der Waals surface area contributed by atoms with Gasteiger partial charge in [-0.05, 0) is 54.8 Å². The number of carbonyl (C=O) groups excluding carboxylic acids is 2. The molecule has 0 aliphatic rings. The Kier molecular flexibility index (Phi) is 11.0. The van der Waals surface area contributed by atoms with Crippen LogP contribution in [0.3, 0.4) is 0 Å². The molecule has 40 heavy (non-hydrogen) atoms. The number of amides is 2. The Morgan fingerprint density at radius 3 is 2.25 bits per heavy atom. The van der Waals surface area contributed by atoms with E-state index >= 15 is 0 Å². The number of hydrogen-bond donors (Lipinski definition) is 1. The van der Waals surface area contributed by atoms with E-state index in [1.165, 1.54) is 11.0 Å². The summed E-state index contributed by atoms with van der Waals surface area (Å²) in [5.41, 5.74) is 1.50. The second-order valence-electron chi connectivity index (χ2n) is 9.54. The molecule has 2 atom stereocenters. The zero-order chi connectivity index (χ0) is 29.4. The molecule has 2 amide bonds. The molecule has 3 aromatic carbocycles. The average Bonchev–Trinajstić information content (AvgIpc) is 2.90. The maximum absolute atomic E-state index is 14.0. The predicted octanol–water partition coefficient (Wildman–Crippen LogP) is 5.45. The molecular formula is C29H32Cl2FN3O4S. The lowest BCUT2D eigenvalue weighted by molar-refractivity contribution is -0.140. The topological polar surface area (TPSA) is 86.8 Å². The van der Waals surface area contributed by atoms with E-state index in [9.17, 15) is 22.4 Å². The maximum atomic E-state index is 14.0. The van der Waals surface area contributed by atoms with Gasteiger partial charge >= 0.3 is 0 Å². The summed E-state index contributed by atoms with van der Waals surface area (Å²) in [4.78, 5) is 29.0. The lowest BCUT2D eigenvalue weighted by Crippen LogP contribution is -2.54. The van der Waals surface area contributed by atoms with Crippen molar-refractivity contribution in [2.24, 2.45) is 0 Å². The Hall–Kier alpha value is -3.14. The molecule has 1 N–H and O–H groups in total. The molecule has 0 spiro atoms. The third kappa shape index (κ3) is 8.68. The second-order valence-corrected chi connectivity index (χ2v) is 12.3. The highest BCUT2D eigenvalue weighted by molar-refractivity contribution is 7.92. The largest absolute Gasteiger partial charge is 0.352 e. The second kappa shape index (κ2) is 14.0. The highest BCUT2D eigenvalue weighted by atomic mass is 35.5. The van der Waals surface area contributed by atoms with Crippen molar-refractivity contribution in [1.82, 2.24) is 10.2 Å². The monoisotopic (exact) mass is 607 g/mol. The van der Waals surface area contributed by atoms with Crippen LogP contribution in [0, 0.1) is 5.82 Å². The normalized spacial score (nSPS) is 12.8. The standard InChI is InChI=1S/C29H32Cl2FN3O4S/c1-4-20(2)33-29(37)27(16-21-9-6-5-7-10-21)34(18-22-11-8-12-23(30)15-22)28(36)19-35(40(3,38)39)24-13-14-26(32)25(31)17-24/h5-15,17,20,27H,4,16,18-19H2,1-3H3,(H,33,37)/t20-,27-/m1/s1. The minimum atomic E-state index is -4.00. The van der Waals surface area contributed by atoms with Crippen LogP contribution in [-0.4, -0.2) is 50.0 Å². The van der Waals surface area contributed by atoms with E-state index in [1.54, 1.807) is 24.3 Å². The summed E-state index contributed by atoms with van der Waals surface area (Å²) in [5, 5.41) is 3.12. The van der Waals surface area contributed by atoms with Crippen molar-refractivity contribution in [2.45, 2.75) is 45.3 Å². The summed E-state index contributed by atoms with van der Waals surface area (Å²) in [5.74, 6) is -1.73. The van der Waals surface area contributed by atoms with Gasteiger partial charge in [-0.1, -0.05) is 72.6 Å². The first kappa shape index (κ1) is 31.4. The summed E-state index contributed by atoms with van der Waals surface area (Å²) in [6, 6.07) is 18.4. The number of anilines is 1. The van der Waals surface area contributed by atoms with Gasteiger partial charge in [0.2, 0.25) is 21.8 Å². The molecule has 0 aliphatic heterocycles. The molecule has 0 bridgehead atoms. The molecule has 214 valence electrons. The highest BCUT2D eigenvalue weighted by Gasteiger charge is 2.33. The Labute approximate surface area is 244 Å². The number of benzene rings is 3.